The zero-order valence-electron chi connectivity index (χ0n) is 10.9. The van der Waals surface area contributed by atoms with Gasteiger partial charge in [-0.05, 0) is 43.4 Å². The molecule has 0 radical (unpaired) electrons. The summed E-state index contributed by atoms with van der Waals surface area (Å²) < 4.78 is 0. The number of piperidine rings is 1. The normalized spacial score (nSPS) is 29.8. The van der Waals surface area contributed by atoms with Crippen LogP contribution in [0.4, 0.5) is 0 Å². The lowest BCUT2D eigenvalue weighted by Crippen LogP contribution is -2.46. The fraction of sp³-hybridized carbons (Fsp3) is 0.533. The van der Waals surface area contributed by atoms with Crippen LogP contribution in [0.2, 0.25) is 5.02 Å². The molecule has 2 unspecified atom stereocenters. The summed E-state index contributed by atoms with van der Waals surface area (Å²) in [6.45, 7) is 1.97. The Bertz CT molecular complexity index is 471. The van der Waals surface area contributed by atoms with E-state index in [1.54, 1.807) is 0 Å². The third-order valence-electron chi connectivity index (χ3n) is 4.08. The van der Waals surface area contributed by atoms with Crippen LogP contribution in [0.25, 0.3) is 0 Å². The summed E-state index contributed by atoms with van der Waals surface area (Å²) in [6, 6.07) is 8.14. The number of carbonyl (C=O) groups excluding carboxylic acids is 1. The fourth-order valence-corrected chi connectivity index (χ4v) is 3.16. The molecule has 3 rings (SSSR count). The minimum Gasteiger partial charge on any atom is -0.352 e. The van der Waals surface area contributed by atoms with E-state index in [0.717, 1.165) is 42.9 Å². The molecule has 1 amide bonds. The lowest BCUT2D eigenvalue weighted by molar-refractivity contribution is -0.123. The Balaban J connectivity index is 1.57. The van der Waals surface area contributed by atoms with Crippen molar-refractivity contribution < 1.29 is 4.79 Å². The topological polar surface area (TPSA) is 41.1 Å². The van der Waals surface area contributed by atoms with E-state index in [0.29, 0.717) is 12.0 Å². The summed E-state index contributed by atoms with van der Waals surface area (Å²) in [5, 5.41) is 7.25. The van der Waals surface area contributed by atoms with Gasteiger partial charge in [-0.1, -0.05) is 29.8 Å². The molecule has 19 heavy (non-hydrogen) atoms. The van der Waals surface area contributed by atoms with E-state index in [4.69, 9.17) is 11.6 Å². The van der Waals surface area contributed by atoms with Gasteiger partial charge in [0, 0.05) is 23.5 Å². The molecule has 0 spiro atoms. The maximum absolute atomic E-state index is 12.2. The first-order chi connectivity index (χ1) is 9.25. The van der Waals surface area contributed by atoms with Crippen molar-refractivity contribution in [2.24, 2.45) is 5.92 Å². The predicted molar refractivity (Wildman–Crippen MR) is 76.3 cm³/mol. The van der Waals surface area contributed by atoms with Gasteiger partial charge in [0.05, 0.1) is 0 Å². The Kier molecular flexibility index (Phi) is 3.76. The molecule has 1 aliphatic heterocycles. The minimum atomic E-state index is 0.113. The van der Waals surface area contributed by atoms with Crippen LogP contribution in [0.3, 0.4) is 0 Å². The van der Waals surface area contributed by atoms with E-state index in [1.807, 2.05) is 24.3 Å². The summed E-state index contributed by atoms with van der Waals surface area (Å²) in [7, 11) is 0. The molecule has 1 aromatic carbocycles. The van der Waals surface area contributed by atoms with Gasteiger partial charge in [-0.15, -0.1) is 0 Å². The van der Waals surface area contributed by atoms with Gasteiger partial charge in [0.15, 0.2) is 0 Å². The highest BCUT2D eigenvalue weighted by Gasteiger charge is 2.45. The first kappa shape index (κ1) is 12.9. The Labute approximate surface area is 118 Å². The first-order valence-corrected chi connectivity index (χ1v) is 7.39. The molecule has 0 aromatic heterocycles. The summed E-state index contributed by atoms with van der Waals surface area (Å²) in [6.07, 6.45) is 3.15. The van der Waals surface area contributed by atoms with Crippen LogP contribution in [-0.2, 0) is 4.79 Å². The van der Waals surface area contributed by atoms with Gasteiger partial charge < -0.3 is 10.6 Å². The van der Waals surface area contributed by atoms with Crippen molar-refractivity contribution >= 4 is 17.5 Å². The van der Waals surface area contributed by atoms with Gasteiger partial charge in [0.2, 0.25) is 5.91 Å². The van der Waals surface area contributed by atoms with E-state index >= 15 is 0 Å². The molecule has 2 fully saturated rings. The third kappa shape index (κ3) is 2.93. The molecule has 1 aromatic rings. The van der Waals surface area contributed by atoms with Gasteiger partial charge in [0.1, 0.15) is 0 Å². The van der Waals surface area contributed by atoms with Crippen LogP contribution in [0, 0.1) is 5.92 Å². The predicted octanol–water partition coefficient (Wildman–Crippen LogP) is 2.31. The van der Waals surface area contributed by atoms with Crippen LogP contribution < -0.4 is 10.6 Å². The summed E-state index contributed by atoms with van der Waals surface area (Å²) >= 11 is 6.18. The SMILES string of the molecule is O=C(N[C@H]1CCCNC1)C1CC1c1ccccc1Cl. The number of nitrogens with one attached hydrogen (secondary N) is 2. The second-order valence-electron chi connectivity index (χ2n) is 5.52. The number of halogens is 1. The summed E-state index contributed by atoms with van der Waals surface area (Å²) in [5.41, 5.74) is 1.12. The van der Waals surface area contributed by atoms with Crippen molar-refractivity contribution in [1.82, 2.24) is 10.6 Å². The van der Waals surface area contributed by atoms with Crippen LogP contribution in [0.15, 0.2) is 24.3 Å². The molecule has 2 aliphatic rings. The monoisotopic (exact) mass is 278 g/mol. The number of hydrogen-bond acceptors (Lipinski definition) is 2. The number of rotatable bonds is 3. The average Bonchev–Trinajstić information content (AvgIpc) is 3.21. The molecule has 2 N–H and O–H groups in total. The quantitative estimate of drug-likeness (QED) is 0.891. The number of hydrogen-bond donors (Lipinski definition) is 2. The second-order valence-corrected chi connectivity index (χ2v) is 5.93. The van der Waals surface area contributed by atoms with Crippen molar-refractivity contribution in [3.8, 4) is 0 Å². The van der Waals surface area contributed by atoms with Crippen LogP contribution >= 0.6 is 11.6 Å². The highest BCUT2D eigenvalue weighted by atomic mass is 35.5. The van der Waals surface area contributed by atoms with Crippen LogP contribution in [-0.4, -0.2) is 25.0 Å². The Morgan fingerprint density at radius 2 is 2.21 bits per heavy atom. The van der Waals surface area contributed by atoms with Gasteiger partial charge >= 0.3 is 0 Å². The Morgan fingerprint density at radius 1 is 1.37 bits per heavy atom. The molecule has 4 heteroatoms. The molecule has 1 heterocycles. The maximum Gasteiger partial charge on any atom is 0.224 e. The molecular weight excluding hydrogens is 260 g/mol. The number of amides is 1. The Morgan fingerprint density at radius 3 is 2.95 bits per heavy atom. The van der Waals surface area contributed by atoms with Crippen molar-refractivity contribution in [3.63, 3.8) is 0 Å². The smallest absolute Gasteiger partial charge is 0.224 e. The highest BCUT2D eigenvalue weighted by molar-refractivity contribution is 6.31. The molecule has 0 bridgehead atoms. The van der Waals surface area contributed by atoms with E-state index in [1.165, 1.54) is 0 Å². The van der Waals surface area contributed by atoms with Gasteiger partial charge in [0.25, 0.3) is 0 Å². The summed E-state index contributed by atoms with van der Waals surface area (Å²) in [5.74, 6) is 0.616. The standard InChI is InChI=1S/C15H19ClN2O/c16-14-6-2-1-5-11(14)12-8-13(12)15(19)18-10-4-3-7-17-9-10/h1-2,5-6,10,12-13,17H,3-4,7-9H2,(H,18,19)/t10-,12?,13?/m0/s1. The van der Waals surface area contributed by atoms with E-state index in [9.17, 15) is 4.79 Å². The van der Waals surface area contributed by atoms with Crippen LogP contribution in [0.1, 0.15) is 30.7 Å². The maximum atomic E-state index is 12.2. The van der Waals surface area contributed by atoms with Gasteiger partial charge in [-0.3, -0.25) is 4.79 Å². The van der Waals surface area contributed by atoms with Gasteiger partial charge in [-0.25, -0.2) is 0 Å². The van der Waals surface area contributed by atoms with Crippen molar-refractivity contribution in [1.29, 1.82) is 0 Å². The lowest BCUT2D eigenvalue weighted by atomic mass is 10.1. The Hall–Kier alpha value is -1.06. The molecule has 3 nitrogen and oxygen atoms in total. The zero-order chi connectivity index (χ0) is 13.2. The molecular formula is C15H19ClN2O. The fourth-order valence-electron chi connectivity index (χ4n) is 2.89. The zero-order valence-corrected chi connectivity index (χ0v) is 11.6. The third-order valence-corrected chi connectivity index (χ3v) is 4.42. The molecule has 102 valence electrons. The van der Waals surface area contributed by atoms with Crippen molar-refractivity contribution in [2.45, 2.75) is 31.2 Å². The molecule has 1 aliphatic carbocycles. The largest absolute Gasteiger partial charge is 0.352 e. The van der Waals surface area contributed by atoms with E-state index < -0.39 is 0 Å². The van der Waals surface area contributed by atoms with Crippen molar-refractivity contribution in [3.05, 3.63) is 34.9 Å². The summed E-state index contributed by atoms with van der Waals surface area (Å²) in [4.78, 5) is 12.2. The second kappa shape index (κ2) is 5.51. The van der Waals surface area contributed by atoms with Gasteiger partial charge in [-0.2, -0.15) is 0 Å². The molecule has 1 saturated carbocycles. The minimum absolute atomic E-state index is 0.113. The van der Waals surface area contributed by atoms with E-state index in [2.05, 4.69) is 10.6 Å². The average molecular weight is 279 g/mol. The number of benzene rings is 1. The van der Waals surface area contributed by atoms with Crippen molar-refractivity contribution in [2.75, 3.05) is 13.1 Å². The van der Waals surface area contributed by atoms with Crippen LogP contribution in [0.5, 0.6) is 0 Å². The number of carbonyl (C=O) groups is 1. The molecule has 1 saturated heterocycles. The molecule has 3 atom stereocenters. The first-order valence-electron chi connectivity index (χ1n) is 7.01. The highest BCUT2D eigenvalue weighted by Crippen LogP contribution is 2.49. The van der Waals surface area contributed by atoms with E-state index in [-0.39, 0.29) is 11.8 Å². The lowest BCUT2D eigenvalue weighted by Gasteiger charge is -2.23.